The topological polar surface area (TPSA) is 54.0 Å². The van der Waals surface area contributed by atoms with Crippen molar-refractivity contribution in [3.63, 3.8) is 0 Å². The van der Waals surface area contributed by atoms with Gasteiger partial charge in [-0.1, -0.05) is 17.7 Å². The first-order valence-corrected chi connectivity index (χ1v) is 7.02. The molecule has 0 saturated carbocycles. The summed E-state index contributed by atoms with van der Waals surface area (Å²) in [6.07, 6.45) is 1.61. The zero-order valence-corrected chi connectivity index (χ0v) is 13.0. The molecule has 2 N–H and O–H groups in total. The number of pyridine rings is 1. The van der Waals surface area contributed by atoms with E-state index < -0.39 is 0 Å². The molecule has 0 bridgehead atoms. The van der Waals surface area contributed by atoms with Crippen molar-refractivity contribution >= 4 is 28.9 Å². The monoisotopic (exact) mass is 303 g/mol. The van der Waals surface area contributed by atoms with Crippen LogP contribution in [0.15, 0.2) is 42.6 Å². The van der Waals surface area contributed by atoms with Crippen LogP contribution in [0.2, 0.25) is 5.02 Å². The number of amides is 1. The number of nitrogens with zero attached hydrogens (tertiary/aromatic N) is 1. The first-order chi connectivity index (χ1) is 9.83. The maximum absolute atomic E-state index is 12.2. The molecule has 4 nitrogen and oxygen atoms in total. The van der Waals surface area contributed by atoms with Gasteiger partial charge in [0.05, 0.1) is 0 Å². The van der Waals surface area contributed by atoms with Gasteiger partial charge in [-0.25, -0.2) is 0 Å². The summed E-state index contributed by atoms with van der Waals surface area (Å²) in [6.45, 7) is 6.16. The van der Waals surface area contributed by atoms with Crippen LogP contribution in [0.5, 0.6) is 0 Å². The molecule has 2 rings (SSSR count). The van der Waals surface area contributed by atoms with Crippen LogP contribution < -0.4 is 10.6 Å². The third-order valence-corrected chi connectivity index (χ3v) is 2.83. The second-order valence-electron chi connectivity index (χ2n) is 5.77. The van der Waals surface area contributed by atoms with Crippen molar-refractivity contribution in [3.05, 3.63) is 53.3 Å². The van der Waals surface area contributed by atoms with Crippen LogP contribution in [0.1, 0.15) is 31.3 Å². The van der Waals surface area contributed by atoms with E-state index in [1.165, 1.54) is 0 Å². The second-order valence-corrected chi connectivity index (χ2v) is 6.21. The summed E-state index contributed by atoms with van der Waals surface area (Å²) in [5, 5.41) is 6.66. The number of aromatic nitrogens is 1. The molecule has 0 radical (unpaired) electrons. The lowest BCUT2D eigenvalue weighted by atomic mass is 10.1. The minimum atomic E-state index is -0.269. The van der Waals surface area contributed by atoms with Gasteiger partial charge in [0.15, 0.2) is 0 Å². The highest BCUT2D eigenvalue weighted by Gasteiger charge is 2.12. The predicted octanol–water partition coefficient (Wildman–Crippen LogP) is 4.20. The molecule has 0 aliphatic carbocycles. The van der Waals surface area contributed by atoms with Crippen LogP contribution >= 0.6 is 11.6 Å². The van der Waals surface area contributed by atoms with Crippen LogP contribution in [0.25, 0.3) is 0 Å². The quantitative estimate of drug-likeness (QED) is 0.893. The average molecular weight is 304 g/mol. The summed E-state index contributed by atoms with van der Waals surface area (Å²) in [7, 11) is 0. The van der Waals surface area contributed by atoms with E-state index in [0.29, 0.717) is 16.4 Å². The van der Waals surface area contributed by atoms with Crippen molar-refractivity contribution in [2.45, 2.75) is 26.3 Å². The Morgan fingerprint density at radius 3 is 2.57 bits per heavy atom. The minimum absolute atomic E-state index is 0.0813. The highest BCUT2D eigenvalue weighted by molar-refractivity contribution is 6.30. The van der Waals surface area contributed by atoms with E-state index in [0.717, 1.165) is 5.69 Å². The Labute approximate surface area is 129 Å². The fourth-order valence-corrected chi connectivity index (χ4v) is 2.02. The van der Waals surface area contributed by atoms with Gasteiger partial charge in [0.1, 0.15) is 5.69 Å². The van der Waals surface area contributed by atoms with Crippen LogP contribution in [-0.2, 0) is 0 Å². The van der Waals surface area contributed by atoms with E-state index in [1.54, 1.807) is 36.5 Å². The lowest BCUT2D eigenvalue weighted by Crippen LogP contribution is -2.26. The standard InChI is InChI=1S/C16H18ClN3O/c1-16(2,3)20-13-7-8-18-14(10-13)15(21)19-12-6-4-5-11(17)9-12/h4-10H,1-3H3,(H,18,20)(H,19,21). The van der Waals surface area contributed by atoms with Crippen molar-refractivity contribution in [2.75, 3.05) is 10.6 Å². The molecule has 0 aliphatic rings. The summed E-state index contributed by atoms with van der Waals surface area (Å²) in [4.78, 5) is 16.3. The van der Waals surface area contributed by atoms with E-state index in [2.05, 4.69) is 36.4 Å². The summed E-state index contributed by atoms with van der Waals surface area (Å²) < 4.78 is 0. The lowest BCUT2D eigenvalue weighted by Gasteiger charge is -2.22. The molecular weight excluding hydrogens is 286 g/mol. The smallest absolute Gasteiger partial charge is 0.274 e. The molecule has 21 heavy (non-hydrogen) atoms. The number of hydrogen-bond acceptors (Lipinski definition) is 3. The molecule has 2 aromatic rings. The van der Waals surface area contributed by atoms with Crippen LogP contribution in [0.4, 0.5) is 11.4 Å². The van der Waals surface area contributed by atoms with Gasteiger partial charge >= 0.3 is 0 Å². The van der Waals surface area contributed by atoms with Gasteiger partial charge in [-0.3, -0.25) is 9.78 Å². The van der Waals surface area contributed by atoms with Crippen molar-refractivity contribution in [1.82, 2.24) is 4.98 Å². The fraction of sp³-hybridized carbons (Fsp3) is 0.250. The number of benzene rings is 1. The Morgan fingerprint density at radius 1 is 1.14 bits per heavy atom. The van der Waals surface area contributed by atoms with E-state index >= 15 is 0 Å². The first-order valence-electron chi connectivity index (χ1n) is 6.65. The van der Waals surface area contributed by atoms with Crippen molar-refractivity contribution in [1.29, 1.82) is 0 Å². The molecule has 0 aliphatic heterocycles. The Hall–Kier alpha value is -2.07. The Morgan fingerprint density at radius 2 is 1.90 bits per heavy atom. The third kappa shape index (κ3) is 4.76. The Bertz CT molecular complexity index is 650. The van der Waals surface area contributed by atoms with Crippen molar-refractivity contribution in [2.24, 2.45) is 0 Å². The number of halogens is 1. The summed E-state index contributed by atoms with van der Waals surface area (Å²) in [5.41, 5.74) is 1.77. The zero-order chi connectivity index (χ0) is 15.5. The van der Waals surface area contributed by atoms with E-state index in [4.69, 9.17) is 11.6 Å². The first kappa shape index (κ1) is 15.3. The fourth-order valence-electron chi connectivity index (χ4n) is 1.83. The molecule has 110 valence electrons. The molecule has 1 heterocycles. The van der Waals surface area contributed by atoms with E-state index in [-0.39, 0.29) is 11.4 Å². The number of carbonyl (C=O) groups is 1. The SMILES string of the molecule is CC(C)(C)Nc1ccnc(C(=O)Nc2cccc(Cl)c2)c1. The molecule has 1 aromatic heterocycles. The summed E-state index contributed by atoms with van der Waals surface area (Å²) in [5.74, 6) is -0.269. The number of rotatable bonds is 3. The highest BCUT2D eigenvalue weighted by atomic mass is 35.5. The predicted molar refractivity (Wildman–Crippen MR) is 87.0 cm³/mol. The van der Waals surface area contributed by atoms with E-state index in [1.807, 2.05) is 6.07 Å². The van der Waals surface area contributed by atoms with Gasteiger partial charge in [0.2, 0.25) is 0 Å². The molecular formula is C16H18ClN3O. The molecule has 0 atom stereocenters. The van der Waals surface area contributed by atoms with Gasteiger partial charge in [0, 0.05) is 28.1 Å². The maximum atomic E-state index is 12.2. The highest BCUT2D eigenvalue weighted by Crippen LogP contribution is 2.17. The van der Waals surface area contributed by atoms with Crippen LogP contribution in [0.3, 0.4) is 0 Å². The largest absolute Gasteiger partial charge is 0.380 e. The molecule has 0 saturated heterocycles. The molecule has 1 aromatic carbocycles. The molecule has 0 spiro atoms. The summed E-state index contributed by atoms with van der Waals surface area (Å²) in [6, 6.07) is 10.6. The van der Waals surface area contributed by atoms with Crippen LogP contribution in [0, 0.1) is 0 Å². The van der Waals surface area contributed by atoms with Crippen molar-refractivity contribution in [3.8, 4) is 0 Å². The molecule has 1 amide bonds. The third-order valence-electron chi connectivity index (χ3n) is 2.59. The van der Waals surface area contributed by atoms with Crippen molar-refractivity contribution < 1.29 is 4.79 Å². The van der Waals surface area contributed by atoms with Crippen LogP contribution in [-0.4, -0.2) is 16.4 Å². The van der Waals surface area contributed by atoms with Gasteiger partial charge in [-0.2, -0.15) is 0 Å². The number of hydrogen-bond donors (Lipinski definition) is 2. The summed E-state index contributed by atoms with van der Waals surface area (Å²) >= 11 is 5.90. The minimum Gasteiger partial charge on any atom is -0.380 e. The maximum Gasteiger partial charge on any atom is 0.274 e. The lowest BCUT2D eigenvalue weighted by molar-refractivity contribution is 0.102. The number of anilines is 2. The number of nitrogens with one attached hydrogen (secondary N) is 2. The Kier molecular flexibility index (Phi) is 4.48. The molecule has 0 fully saturated rings. The second kappa shape index (κ2) is 6.14. The normalized spacial score (nSPS) is 11.0. The van der Waals surface area contributed by atoms with Gasteiger partial charge in [-0.05, 0) is 51.1 Å². The van der Waals surface area contributed by atoms with Gasteiger partial charge in [0.25, 0.3) is 5.91 Å². The average Bonchev–Trinajstić information content (AvgIpc) is 2.37. The molecule has 5 heteroatoms. The Balaban J connectivity index is 2.14. The van der Waals surface area contributed by atoms with Gasteiger partial charge in [-0.15, -0.1) is 0 Å². The number of carbonyl (C=O) groups excluding carboxylic acids is 1. The van der Waals surface area contributed by atoms with Gasteiger partial charge < -0.3 is 10.6 Å². The molecule has 0 unspecified atom stereocenters. The van der Waals surface area contributed by atoms with E-state index in [9.17, 15) is 4.79 Å². The zero-order valence-electron chi connectivity index (χ0n) is 12.3.